The van der Waals surface area contributed by atoms with Crippen LogP contribution in [0.3, 0.4) is 0 Å². The Kier molecular flexibility index (Phi) is 2.27. The standard InChI is InChI=1S/C7H13NO2/c1-5-3-6(4-8-2)10-7(5)9/h5-6,8H,3-4H2,1-2H3/t5?,6-/m1/s1. The first-order valence-electron chi connectivity index (χ1n) is 3.59. The molecule has 1 saturated heterocycles. The van der Waals surface area contributed by atoms with E-state index in [2.05, 4.69) is 5.32 Å². The highest BCUT2D eigenvalue weighted by atomic mass is 16.6. The van der Waals surface area contributed by atoms with Gasteiger partial charge in [0, 0.05) is 6.54 Å². The van der Waals surface area contributed by atoms with E-state index in [9.17, 15) is 4.79 Å². The molecule has 3 nitrogen and oxygen atoms in total. The van der Waals surface area contributed by atoms with Gasteiger partial charge in [0.15, 0.2) is 0 Å². The van der Waals surface area contributed by atoms with Crippen LogP contribution in [0.2, 0.25) is 0 Å². The van der Waals surface area contributed by atoms with Crippen LogP contribution in [0.5, 0.6) is 0 Å². The SMILES string of the molecule is CNC[C@H]1CC(C)C(=O)O1. The molecular formula is C7H13NO2. The van der Waals surface area contributed by atoms with Crippen molar-refractivity contribution in [1.29, 1.82) is 0 Å². The Morgan fingerprint density at radius 3 is 2.90 bits per heavy atom. The van der Waals surface area contributed by atoms with Gasteiger partial charge in [-0.2, -0.15) is 0 Å². The molecule has 3 heteroatoms. The van der Waals surface area contributed by atoms with Crippen molar-refractivity contribution < 1.29 is 9.53 Å². The average Bonchev–Trinajstić information content (AvgIpc) is 2.14. The van der Waals surface area contributed by atoms with Crippen molar-refractivity contribution >= 4 is 5.97 Å². The first-order valence-corrected chi connectivity index (χ1v) is 3.59. The molecule has 1 unspecified atom stereocenters. The maximum Gasteiger partial charge on any atom is 0.309 e. The molecule has 1 fully saturated rings. The van der Waals surface area contributed by atoms with Gasteiger partial charge in [0.2, 0.25) is 0 Å². The van der Waals surface area contributed by atoms with Crippen LogP contribution in [-0.2, 0) is 9.53 Å². The zero-order valence-electron chi connectivity index (χ0n) is 6.39. The molecule has 0 bridgehead atoms. The van der Waals surface area contributed by atoms with E-state index >= 15 is 0 Å². The Morgan fingerprint density at radius 2 is 2.50 bits per heavy atom. The fourth-order valence-corrected chi connectivity index (χ4v) is 1.17. The van der Waals surface area contributed by atoms with Crippen LogP contribution in [0, 0.1) is 5.92 Å². The number of esters is 1. The lowest BCUT2D eigenvalue weighted by Gasteiger charge is -2.05. The van der Waals surface area contributed by atoms with Crippen LogP contribution in [0.15, 0.2) is 0 Å². The number of carbonyl (C=O) groups is 1. The van der Waals surface area contributed by atoms with Crippen LogP contribution in [0.1, 0.15) is 13.3 Å². The molecule has 0 aromatic rings. The molecule has 1 aliphatic heterocycles. The van der Waals surface area contributed by atoms with E-state index in [1.165, 1.54) is 0 Å². The molecule has 0 aromatic carbocycles. The summed E-state index contributed by atoms with van der Waals surface area (Å²) >= 11 is 0. The lowest BCUT2D eigenvalue weighted by molar-refractivity contribution is -0.143. The summed E-state index contributed by atoms with van der Waals surface area (Å²) in [6, 6.07) is 0. The number of rotatable bonds is 2. The Balaban J connectivity index is 2.34. The number of cyclic esters (lactones) is 1. The molecule has 0 aromatic heterocycles. The molecule has 1 aliphatic rings. The molecule has 0 amide bonds. The highest BCUT2D eigenvalue weighted by Crippen LogP contribution is 2.19. The van der Waals surface area contributed by atoms with Gasteiger partial charge in [-0.05, 0) is 13.5 Å². The van der Waals surface area contributed by atoms with Crippen molar-refractivity contribution in [1.82, 2.24) is 5.32 Å². The second-order valence-electron chi connectivity index (χ2n) is 2.75. The molecule has 10 heavy (non-hydrogen) atoms. The van der Waals surface area contributed by atoms with Crippen LogP contribution in [0.4, 0.5) is 0 Å². The topological polar surface area (TPSA) is 38.3 Å². The van der Waals surface area contributed by atoms with Gasteiger partial charge < -0.3 is 10.1 Å². The number of carbonyl (C=O) groups excluding carboxylic acids is 1. The molecule has 58 valence electrons. The number of likely N-dealkylation sites (N-methyl/N-ethyl adjacent to an activating group) is 1. The summed E-state index contributed by atoms with van der Waals surface area (Å²) in [5, 5.41) is 2.97. The second-order valence-corrected chi connectivity index (χ2v) is 2.75. The third-order valence-electron chi connectivity index (χ3n) is 1.73. The molecular weight excluding hydrogens is 130 g/mol. The zero-order valence-corrected chi connectivity index (χ0v) is 6.39. The summed E-state index contributed by atoms with van der Waals surface area (Å²) in [6.07, 6.45) is 0.965. The maximum absolute atomic E-state index is 10.8. The monoisotopic (exact) mass is 143 g/mol. The number of ether oxygens (including phenoxy) is 1. The van der Waals surface area contributed by atoms with Crippen LogP contribution < -0.4 is 5.32 Å². The number of hydrogen-bond donors (Lipinski definition) is 1. The molecule has 1 heterocycles. The summed E-state index contributed by atoms with van der Waals surface area (Å²) in [5.41, 5.74) is 0. The normalized spacial score (nSPS) is 32.4. The van der Waals surface area contributed by atoms with E-state index in [0.717, 1.165) is 13.0 Å². The highest BCUT2D eigenvalue weighted by Gasteiger charge is 2.29. The minimum absolute atomic E-state index is 0.0553. The molecule has 1 N–H and O–H groups in total. The Hall–Kier alpha value is -0.570. The third-order valence-corrected chi connectivity index (χ3v) is 1.73. The van der Waals surface area contributed by atoms with Crippen molar-refractivity contribution in [2.75, 3.05) is 13.6 Å². The maximum atomic E-state index is 10.8. The third kappa shape index (κ3) is 1.48. The number of nitrogens with one attached hydrogen (secondary N) is 1. The average molecular weight is 143 g/mol. The van der Waals surface area contributed by atoms with Crippen molar-refractivity contribution in [2.24, 2.45) is 5.92 Å². The summed E-state index contributed by atoms with van der Waals surface area (Å²) in [7, 11) is 1.86. The van der Waals surface area contributed by atoms with E-state index in [-0.39, 0.29) is 18.0 Å². The van der Waals surface area contributed by atoms with Crippen molar-refractivity contribution in [3.8, 4) is 0 Å². The van der Waals surface area contributed by atoms with Crippen molar-refractivity contribution in [2.45, 2.75) is 19.4 Å². The smallest absolute Gasteiger partial charge is 0.309 e. The van der Waals surface area contributed by atoms with Gasteiger partial charge in [-0.1, -0.05) is 6.92 Å². The second kappa shape index (κ2) is 3.01. The Labute approximate surface area is 60.7 Å². The van der Waals surface area contributed by atoms with Gasteiger partial charge in [-0.25, -0.2) is 0 Å². The van der Waals surface area contributed by atoms with Crippen LogP contribution in [-0.4, -0.2) is 25.7 Å². The quantitative estimate of drug-likeness (QED) is 0.559. The minimum atomic E-state index is -0.0553. The molecule has 0 spiro atoms. The van der Waals surface area contributed by atoms with Gasteiger partial charge in [-0.3, -0.25) is 4.79 Å². The van der Waals surface area contributed by atoms with E-state index in [1.807, 2.05) is 14.0 Å². The van der Waals surface area contributed by atoms with Gasteiger partial charge in [0.1, 0.15) is 6.10 Å². The highest BCUT2D eigenvalue weighted by molar-refractivity contribution is 5.74. The Morgan fingerprint density at radius 1 is 1.80 bits per heavy atom. The predicted molar refractivity (Wildman–Crippen MR) is 37.6 cm³/mol. The van der Waals surface area contributed by atoms with Gasteiger partial charge in [0.05, 0.1) is 5.92 Å². The van der Waals surface area contributed by atoms with E-state index in [0.29, 0.717) is 0 Å². The minimum Gasteiger partial charge on any atom is -0.461 e. The zero-order chi connectivity index (χ0) is 7.56. The van der Waals surface area contributed by atoms with E-state index in [4.69, 9.17) is 4.74 Å². The predicted octanol–water partition coefficient (Wildman–Crippen LogP) is 0.157. The molecule has 1 rings (SSSR count). The van der Waals surface area contributed by atoms with Gasteiger partial charge in [-0.15, -0.1) is 0 Å². The van der Waals surface area contributed by atoms with Gasteiger partial charge in [0.25, 0.3) is 0 Å². The van der Waals surface area contributed by atoms with Gasteiger partial charge >= 0.3 is 5.97 Å². The van der Waals surface area contributed by atoms with E-state index in [1.54, 1.807) is 0 Å². The summed E-state index contributed by atoms with van der Waals surface area (Å²) in [6.45, 7) is 2.67. The van der Waals surface area contributed by atoms with Crippen LogP contribution in [0.25, 0.3) is 0 Å². The lowest BCUT2D eigenvalue weighted by Crippen LogP contribution is -2.22. The first kappa shape index (κ1) is 7.54. The molecule has 0 aliphatic carbocycles. The molecule has 2 atom stereocenters. The lowest BCUT2D eigenvalue weighted by atomic mass is 10.1. The number of hydrogen-bond acceptors (Lipinski definition) is 3. The fraction of sp³-hybridized carbons (Fsp3) is 0.857. The largest absolute Gasteiger partial charge is 0.461 e. The summed E-state index contributed by atoms with van der Waals surface area (Å²) in [4.78, 5) is 10.8. The van der Waals surface area contributed by atoms with E-state index < -0.39 is 0 Å². The van der Waals surface area contributed by atoms with Crippen molar-refractivity contribution in [3.05, 3.63) is 0 Å². The fourth-order valence-electron chi connectivity index (χ4n) is 1.17. The van der Waals surface area contributed by atoms with Crippen LogP contribution >= 0.6 is 0 Å². The molecule has 0 radical (unpaired) electrons. The Bertz CT molecular complexity index is 136. The molecule has 0 saturated carbocycles. The van der Waals surface area contributed by atoms with Crippen molar-refractivity contribution in [3.63, 3.8) is 0 Å². The first-order chi connectivity index (χ1) is 4.74. The summed E-state index contributed by atoms with van der Waals surface area (Å²) < 4.78 is 5.01. The summed E-state index contributed by atoms with van der Waals surface area (Å²) in [5.74, 6) is 0.0404.